The predicted molar refractivity (Wildman–Crippen MR) is 128 cm³/mol. The monoisotopic (exact) mass is 511 g/mol. The summed E-state index contributed by atoms with van der Waals surface area (Å²) in [5.41, 5.74) is 2.56. The minimum absolute atomic E-state index is 0.00291. The third kappa shape index (κ3) is 5.10. The molecule has 0 bridgehead atoms. The number of anilines is 1. The van der Waals surface area contributed by atoms with Gasteiger partial charge in [-0.15, -0.1) is 8.78 Å². The summed E-state index contributed by atoms with van der Waals surface area (Å²) < 4.78 is 62.2. The highest BCUT2D eigenvalue weighted by atomic mass is 32.2. The van der Waals surface area contributed by atoms with E-state index < -0.39 is 16.1 Å². The Morgan fingerprint density at radius 3 is 2.63 bits per heavy atom. The maximum Gasteiger partial charge on any atom is 0.586 e. The standard InChI is InChI=1S/C23H31F2N5O4S/c1-16(2)22-19(15-30(27-22)17-3-4-20-21(13-17)34-23(24,25)33-20)29-10-8-28(9-11-29)7-5-18-14-26-6-12-35(18,31)32/h3-4,13,15-16,18,26H,5-12,14H2,1-2H3. The number of hydrogen-bond acceptors (Lipinski definition) is 8. The Morgan fingerprint density at radius 2 is 1.91 bits per heavy atom. The first kappa shape index (κ1) is 24.3. The van der Waals surface area contributed by atoms with Crippen molar-refractivity contribution in [3.63, 3.8) is 0 Å². The lowest BCUT2D eigenvalue weighted by molar-refractivity contribution is -0.286. The fraction of sp³-hybridized carbons (Fsp3) is 0.609. The van der Waals surface area contributed by atoms with Crippen LogP contribution >= 0.6 is 0 Å². The number of ether oxygens (including phenoxy) is 2. The molecule has 1 unspecified atom stereocenters. The number of benzene rings is 1. The Bertz CT molecular complexity index is 1180. The van der Waals surface area contributed by atoms with Crippen molar-refractivity contribution in [1.29, 1.82) is 0 Å². The average Bonchev–Trinajstić information content (AvgIpc) is 3.38. The molecular formula is C23H31F2N5O4S. The molecule has 0 spiro atoms. The fourth-order valence-corrected chi connectivity index (χ4v) is 6.44. The van der Waals surface area contributed by atoms with Crippen molar-refractivity contribution in [3.8, 4) is 17.2 Å². The summed E-state index contributed by atoms with van der Waals surface area (Å²) in [5.74, 6) is 0.383. The fourth-order valence-electron chi connectivity index (χ4n) is 4.84. The van der Waals surface area contributed by atoms with Crippen LogP contribution in [0.2, 0.25) is 0 Å². The number of alkyl halides is 2. The molecule has 35 heavy (non-hydrogen) atoms. The number of piperazine rings is 1. The van der Waals surface area contributed by atoms with Gasteiger partial charge < -0.3 is 19.7 Å². The topological polar surface area (TPSA) is 88.9 Å². The van der Waals surface area contributed by atoms with Crippen molar-refractivity contribution in [3.05, 3.63) is 30.1 Å². The molecule has 1 atom stereocenters. The number of sulfone groups is 1. The van der Waals surface area contributed by atoms with Gasteiger partial charge in [-0.3, -0.25) is 4.90 Å². The maximum atomic E-state index is 13.4. The molecule has 5 rings (SSSR count). The van der Waals surface area contributed by atoms with E-state index in [4.69, 9.17) is 5.10 Å². The van der Waals surface area contributed by atoms with Crippen LogP contribution in [0.15, 0.2) is 24.4 Å². The molecule has 0 amide bonds. The van der Waals surface area contributed by atoms with Gasteiger partial charge >= 0.3 is 6.29 Å². The van der Waals surface area contributed by atoms with Crippen LogP contribution in [0.25, 0.3) is 5.69 Å². The zero-order valence-electron chi connectivity index (χ0n) is 19.9. The lowest BCUT2D eigenvalue weighted by atomic mass is 10.1. The third-order valence-corrected chi connectivity index (χ3v) is 9.03. The van der Waals surface area contributed by atoms with Crippen molar-refractivity contribution in [2.75, 3.05) is 56.5 Å². The van der Waals surface area contributed by atoms with E-state index in [1.54, 1.807) is 10.7 Å². The van der Waals surface area contributed by atoms with Gasteiger partial charge in [-0.05, 0) is 31.0 Å². The molecule has 1 N–H and O–H groups in total. The Balaban J connectivity index is 1.26. The summed E-state index contributed by atoms with van der Waals surface area (Å²) in [7, 11) is -3.00. The summed E-state index contributed by atoms with van der Waals surface area (Å²) in [6.45, 7) is 9.26. The maximum absolute atomic E-state index is 13.4. The number of fused-ring (bicyclic) bond motifs is 1. The van der Waals surface area contributed by atoms with Gasteiger partial charge in [-0.25, -0.2) is 13.1 Å². The molecule has 0 saturated carbocycles. The SMILES string of the molecule is CC(C)c1nn(-c2ccc3c(c2)OC(F)(F)O3)cc1N1CCN(CCC2CNCCS2(=O)=O)CC1. The second-order valence-corrected chi connectivity index (χ2v) is 12.0. The van der Waals surface area contributed by atoms with Crippen LogP contribution in [-0.4, -0.2) is 86.2 Å². The quantitative estimate of drug-likeness (QED) is 0.632. The second kappa shape index (κ2) is 9.21. The molecule has 1 aromatic carbocycles. The summed E-state index contributed by atoms with van der Waals surface area (Å²) >= 11 is 0. The van der Waals surface area contributed by atoms with Crippen LogP contribution in [0.5, 0.6) is 11.5 Å². The highest BCUT2D eigenvalue weighted by Crippen LogP contribution is 2.42. The highest BCUT2D eigenvalue weighted by Gasteiger charge is 2.43. The first-order valence-corrected chi connectivity index (χ1v) is 13.7. The summed E-state index contributed by atoms with van der Waals surface area (Å²) in [6, 6.07) is 4.64. The zero-order valence-corrected chi connectivity index (χ0v) is 20.7. The van der Waals surface area contributed by atoms with Crippen LogP contribution in [0.4, 0.5) is 14.5 Å². The van der Waals surface area contributed by atoms with Gasteiger partial charge in [-0.1, -0.05) is 13.8 Å². The Kier molecular flexibility index (Phi) is 6.39. The lowest BCUT2D eigenvalue weighted by Crippen LogP contribution is -2.49. The number of halogens is 2. The molecule has 4 heterocycles. The molecule has 9 nitrogen and oxygen atoms in total. The van der Waals surface area contributed by atoms with Gasteiger partial charge in [0, 0.05) is 45.3 Å². The third-order valence-electron chi connectivity index (χ3n) is 6.84. The number of aromatic nitrogens is 2. The van der Waals surface area contributed by atoms with E-state index in [1.165, 1.54) is 12.1 Å². The Hall–Kier alpha value is -2.44. The van der Waals surface area contributed by atoms with Crippen molar-refractivity contribution < 1.29 is 26.7 Å². The molecule has 3 aliphatic rings. The number of rotatable bonds is 6. The van der Waals surface area contributed by atoms with Crippen LogP contribution in [0.3, 0.4) is 0 Å². The molecule has 3 aliphatic heterocycles. The van der Waals surface area contributed by atoms with Crippen LogP contribution in [0.1, 0.15) is 31.9 Å². The van der Waals surface area contributed by atoms with E-state index >= 15 is 0 Å². The van der Waals surface area contributed by atoms with Gasteiger partial charge in [0.2, 0.25) is 0 Å². The first-order valence-electron chi connectivity index (χ1n) is 12.0. The minimum Gasteiger partial charge on any atom is -0.395 e. The molecule has 2 saturated heterocycles. The molecule has 192 valence electrons. The largest absolute Gasteiger partial charge is 0.586 e. The predicted octanol–water partition coefficient (Wildman–Crippen LogP) is 2.22. The van der Waals surface area contributed by atoms with Gasteiger partial charge in [-0.2, -0.15) is 5.10 Å². The van der Waals surface area contributed by atoms with Gasteiger partial charge in [0.25, 0.3) is 0 Å². The van der Waals surface area contributed by atoms with Crippen LogP contribution in [0, 0.1) is 0 Å². The highest BCUT2D eigenvalue weighted by molar-refractivity contribution is 7.92. The smallest absolute Gasteiger partial charge is 0.395 e. The van der Waals surface area contributed by atoms with E-state index in [1.807, 2.05) is 6.20 Å². The Morgan fingerprint density at radius 1 is 1.17 bits per heavy atom. The molecule has 2 fully saturated rings. The molecular weight excluding hydrogens is 480 g/mol. The lowest BCUT2D eigenvalue weighted by Gasteiger charge is -2.36. The second-order valence-electron chi connectivity index (χ2n) is 9.61. The molecule has 0 radical (unpaired) electrons. The zero-order chi connectivity index (χ0) is 24.8. The number of hydrogen-bond donors (Lipinski definition) is 1. The van der Waals surface area contributed by atoms with E-state index in [-0.39, 0.29) is 28.4 Å². The van der Waals surface area contributed by atoms with Crippen molar-refractivity contribution in [1.82, 2.24) is 20.0 Å². The summed E-state index contributed by atoms with van der Waals surface area (Å²) in [5, 5.41) is 7.64. The number of nitrogens with zero attached hydrogens (tertiary/aromatic N) is 4. The van der Waals surface area contributed by atoms with Crippen molar-refractivity contribution in [2.24, 2.45) is 0 Å². The van der Waals surface area contributed by atoms with Crippen LogP contribution < -0.4 is 19.7 Å². The van der Waals surface area contributed by atoms with Crippen LogP contribution in [-0.2, 0) is 9.84 Å². The molecule has 1 aromatic heterocycles. The van der Waals surface area contributed by atoms with Crippen molar-refractivity contribution >= 4 is 15.5 Å². The summed E-state index contributed by atoms with van der Waals surface area (Å²) in [6.07, 6.45) is -1.08. The normalized spacial score (nSPS) is 23.7. The Labute approximate surface area is 203 Å². The van der Waals surface area contributed by atoms with E-state index in [0.717, 1.165) is 44.1 Å². The average molecular weight is 512 g/mol. The van der Waals surface area contributed by atoms with E-state index in [2.05, 4.69) is 38.4 Å². The van der Waals surface area contributed by atoms with Crippen molar-refractivity contribution in [2.45, 2.75) is 37.7 Å². The molecule has 0 aliphatic carbocycles. The van der Waals surface area contributed by atoms with E-state index in [0.29, 0.717) is 25.2 Å². The van der Waals surface area contributed by atoms with Gasteiger partial charge in [0.15, 0.2) is 21.3 Å². The first-order chi connectivity index (χ1) is 16.6. The van der Waals surface area contributed by atoms with Gasteiger partial charge in [0.05, 0.1) is 34.3 Å². The summed E-state index contributed by atoms with van der Waals surface area (Å²) in [4.78, 5) is 4.60. The number of nitrogens with one attached hydrogen (secondary N) is 1. The molecule has 2 aromatic rings. The molecule has 12 heteroatoms. The minimum atomic E-state index is -3.66. The van der Waals surface area contributed by atoms with Gasteiger partial charge in [0.1, 0.15) is 0 Å². The van der Waals surface area contributed by atoms with E-state index in [9.17, 15) is 17.2 Å².